The van der Waals surface area contributed by atoms with Crippen LogP contribution in [0.4, 0.5) is 17.6 Å². The Morgan fingerprint density at radius 3 is 2.43 bits per heavy atom. The van der Waals surface area contributed by atoms with Gasteiger partial charge in [0.1, 0.15) is 5.82 Å². The Hall–Kier alpha value is -2.37. The predicted molar refractivity (Wildman–Crippen MR) is 69.0 cm³/mol. The Bertz CT molecular complexity index is 652. The third-order valence-corrected chi connectivity index (χ3v) is 2.83. The number of benzene rings is 2. The molecule has 0 heterocycles. The fraction of sp³-hybridized carbons (Fsp3) is 0.133. The number of halogens is 4. The molecule has 1 N–H and O–H groups in total. The van der Waals surface area contributed by atoms with Gasteiger partial charge < -0.3 is 5.32 Å². The fourth-order valence-corrected chi connectivity index (χ4v) is 1.78. The van der Waals surface area contributed by atoms with Gasteiger partial charge in [0.2, 0.25) is 0 Å². The molecule has 0 aliphatic carbocycles. The van der Waals surface area contributed by atoms with Crippen LogP contribution in [0.25, 0.3) is 0 Å². The first-order chi connectivity index (χ1) is 9.88. The van der Waals surface area contributed by atoms with Crippen molar-refractivity contribution in [1.82, 2.24) is 5.32 Å². The highest BCUT2D eigenvalue weighted by Crippen LogP contribution is 2.29. The van der Waals surface area contributed by atoms with Crippen LogP contribution in [0.1, 0.15) is 21.5 Å². The standard InChI is InChI=1S/C15H11F4NO/c16-13-7-2-1-6-12(13)14(21)20-9-10-4-3-5-11(8-10)15(17,18)19/h1-8H,9H2,(H,20,21). The second-order valence-electron chi connectivity index (χ2n) is 4.36. The van der Waals surface area contributed by atoms with Crippen molar-refractivity contribution in [3.05, 3.63) is 71.0 Å². The molecule has 110 valence electrons. The second-order valence-corrected chi connectivity index (χ2v) is 4.36. The summed E-state index contributed by atoms with van der Waals surface area (Å²) in [5.74, 6) is -1.36. The maximum atomic E-state index is 13.4. The first kappa shape index (κ1) is 15.0. The monoisotopic (exact) mass is 297 g/mol. The molecule has 1 amide bonds. The lowest BCUT2D eigenvalue weighted by atomic mass is 10.1. The van der Waals surface area contributed by atoms with E-state index in [0.29, 0.717) is 0 Å². The maximum Gasteiger partial charge on any atom is 0.416 e. The Morgan fingerprint density at radius 2 is 1.76 bits per heavy atom. The highest BCUT2D eigenvalue weighted by atomic mass is 19.4. The van der Waals surface area contributed by atoms with E-state index in [-0.39, 0.29) is 17.7 Å². The van der Waals surface area contributed by atoms with E-state index in [1.165, 1.54) is 30.3 Å². The molecule has 6 heteroatoms. The smallest absolute Gasteiger partial charge is 0.348 e. The van der Waals surface area contributed by atoms with Gasteiger partial charge >= 0.3 is 6.18 Å². The summed E-state index contributed by atoms with van der Waals surface area (Å²) in [5, 5.41) is 2.39. The van der Waals surface area contributed by atoms with Crippen LogP contribution in [0.2, 0.25) is 0 Å². The zero-order valence-electron chi connectivity index (χ0n) is 10.7. The molecule has 0 fully saturated rings. The lowest BCUT2D eigenvalue weighted by Gasteiger charge is -2.10. The van der Waals surface area contributed by atoms with Gasteiger partial charge in [-0.05, 0) is 29.8 Å². The summed E-state index contributed by atoms with van der Waals surface area (Å²) in [6, 6.07) is 9.99. The third kappa shape index (κ3) is 3.81. The Morgan fingerprint density at radius 1 is 1.05 bits per heavy atom. The molecule has 0 aromatic heterocycles. The van der Waals surface area contributed by atoms with Crippen LogP contribution in [-0.2, 0) is 12.7 Å². The molecular weight excluding hydrogens is 286 g/mol. The lowest BCUT2D eigenvalue weighted by Crippen LogP contribution is -2.24. The summed E-state index contributed by atoms with van der Waals surface area (Å²) in [6.07, 6.45) is -4.44. The molecule has 0 spiro atoms. The van der Waals surface area contributed by atoms with Gasteiger partial charge in [-0.3, -0.25) is 4.79 Å². The highest BCUT2D eigenvalue weighted by molar-refractivity contribution is 5.94. The van der Waals surface area contributed by atoms with Crippen molar-refractivity contribution in [3.8, 4) is 0 Å². The van der Waals surface area contributed by atoms with Gasteiger partial charge in [0.15, 0.2) is 0 Å². The molecule has 0 saturated carbocycles. The first-order valence-corrected chi connectivity index (χ1v) is 6.07. The molecule has 0 aliphatic rings. The molecule has 0 aliphatic heterocycles. The molecule has 0 radical (unpaired) electrons. The number of hydrogen-bond acceptors (Lipinski definition) is 1. The van der Waals surface area contributed by atoms with Gasteiger partial charge in [-0.25, -0.2) is 4.39 Å². The number of carbonyl (C=O) groups is 1. The van der Waals surface area contributed by atoms with Gasteiger partial charge in [0.25, 0.3) is 5.91 Å². The predicted octanol–water partition coefficient (Wildman–Crippen LogP) is 3.77. The van der Waals surface area contributed by atoms with Crippen LogP contribution in [0, 0.1) is 5.82 Å². The topological polar surface area (TPSA) is 29.1 Å². The summed E-state index contributed by atoms with van der Waals surface area (Å²) >= 11 is 0. The number of carbonyl (C=O) groups excluding carboxylic acids is 1. The van der Waals surface area contributed by atoms with Gasteiger partial charge in [-0.1, -0.05) is 24.3 Å². The van der Waals surface area contributed by atoms with Crippen molar-refractivity contribution < 1.29 is 22.4 Å². The molecule has 0 atom stereocenters. The quantitative estimate of drug-likeness (QED) is 0.858. The Labute approximate surface area is 118 Å². The molecule has 2 rings (SSSR count). The zero-order chi connectivity index (χ0) is 15.5. The molecule has 2 aromatic carbocycles. The van der Waals surface area contributed by atoms with Crippen molar-refractivity contribution in [3.63, 3.8) is 0 Å². The summed E-state index contributed by atoms with van der Waals surface area (Å²) in [6.45, 7) is -0.114. The van der Waals surface area contributed by atoms with Crippen LogP contribution in [0.5, 0.6) is 0 Å². The number of rotatable bonds is 3. The van der Waals surface area contributed by atoms with E-state index in [1.54, 1.807) is 0 Å². The Kier molecular flexibility index (Phi) is 4.26. The third-order valence-electron chi connectivity index (χ3n) is 2.83. The van der Waals surface area contributed by atoms with Gasteiger partial charge in [-0.2, -0.15) is 13.2 Å². The zero-order valence-corrected chi connectivity index (χ0v) is 10.7. The van der Waals surface area contributed by atoms with Crippen LogP contribution in [-0.4, -0.2) is 5.91 Å². The van der Waals surface area contributed by atoms with Crippen molar-refractivity contribution >= 4 is 5.91 Å². The van der Waals surface area contributed by atoms with E-state index in [2.05, 4.69) is 5.32 Å². The summed E-state index contributed by atoms with van der Waals surface area (Å²) < 4.78 is 51.0. The number of hydrogen-bond donors (Lipinski definition) is 1. The number of nitrogens with one attached hydrogen (secondary N) is 1. The second kappa shape index (κ2) is 5.95. The van der Waals surface area contributed by atoms with E-state index < -0.39 is 23.5 Å². The molecule has 0 unspecified atom stereocenters. The average molecular weight is 297 g/mol. The van der Waals surface area contributed by atoms with E-state index >= 15 is 0 Å². The van der Waals surface area contributed by atoms with Crippen molar-refractivity contribution in [2.45, 2.75) is 12.7 Å². The van der Waals surface area contributed by atoms with Gasteiger partial charge in [-0.15, -0.1) is 0 Å². The minimum atomic E-state index is -4.44. The van der Waals surface area contributed by atoms with Crippen molar-refractivity contribution in [1.29, 1.82) is 0 Å². The number of amides is 1. The summed E-state index contributed by atoms with van der Waals surface area (Å²) in [7, 11) is 0. The molecular formula is C15H11F4NO. The normalized spacial score (nSPS) is 11.2. The van der Waals surface area contributed by atoms with Crippen molar-refractivity contribution in [2.24, 2.45) is 0 Å². The lowest BCUT2D eigenvalue weighted by molar-refractivity contribution is -0.137. The summed E-state index contributed by atoms with van der Waals surface area (Å²) in [4.78, 5) is 11.7. The van der Waals surface area contributed by atoms with Gasteiger partial charge in [0, 0.05) is 6.54 Å². The van der Waals surface area contributed by atoms with E-state index in [4.69, 9.17) is 0 Å². The van der Waals surface area contributed by atoms with Crippen LogP contribution >= 0.6 is 0 Å². The van der Waals surface area contributed by atoms with Crippen LogP contribution in [0.15, 0.2) is 48.5 Å². The van der Waals surface area contributed by atoms with E-state index in [0.717, 1.165) is 18.2 Å². The summed E-state index contributed by atoms with van der Waals surface area (Å²) in [5.41, 5.74) is -0.654. The molecule has 0 saturated heterocycles. The SMILES string of the molecule is O=C(NCc1cccc(C(F)(F)F)c1)c1ccccc1F. The van der Waals surface area contributed by atoms with Crippen LogP contribution in [0.3, 0.4) is 0 Å². The van der Waals surface area contributed by atoms with Crippen molar-refractivity contribution in [2.75, 3.05) is 0 Å². The van der Waals surface area contributed by atoms with E-state index in [9.17, 15) is 22.4 Å². The highest BCUT2D eigenvalue weighted by Gasteiger charge is 2.30. The number of alkyl halides is 3. The van der Waals surface area contributed by atoms with E-state index in [1.807, 2.05) is 0 Å². The minimum absolute atomic E-state index is 0.114. The first-order valence-electron chi connectivity index (χ1n) is 6.07. The molecule has 21 heavy (non-hydrogen) atoms. The average Bonchev–Trinajstić information content (AvgIpc) is 2.45. The van der Waals surface area contributed by atoms with Gasteiger partial charge in [0.05, 0.1) is 11.1 Å². The molecule has 2 aromatic rings. The molecule has 0 bridgehead atoms. The Balaban J connectivity index is 2.07. The fourth-order valence-electron chi connectivity index (χ4n) is 1.78. The largest absolute Gasteiger partial charge is 0.416 e. The maximum absolute atomic E-state index is 13.4. The minimum Gasteiger partial charge on any atom is -0.348 e. The van der Waals surface area contributed by atoms with Crippen LogP contribution < -0.4 is 5.32 Å². The molecule has 2 nitrogen and oxygen atoms in total.